The van der Waals surface area contributed by atoms with E-state index in [1.807, 2.05) is 0 Å². The number of carbonyl (C=O) groups excluding carboxylic acids is 2. The molecule has 0 radical (unpaired) electrons. The molecule has 150 valence electrons. The summed E-state index contributed by atoms with van der Waals surface area (Å²) in [4.78, 5) is 41.1. The Labute approximate surface area is 175 Å². The number of hydrogen-bond acceptors (Lipinski definition) is 6. The predicted molar refractivity (Wildman–Crippen MR) is 110 cm³/mol. The van der Waals surface area contributed by atoms with Crippen LogP contribution in [0.2, 0.25) is 5.02 Å². The second-order valence-corrected chi connectivity index (χ2v) is 8.05. The summed E-state index contributed by atoms with van der Waals surface area (Å²) < 4.78 is 7.39. The molecule has 3 rings (SSSR count). The first-order valence-corrected chi connectivity index (χ1v) is 10.3. The quantitative estimate of drug-likeness (QED) is 0.653. The van der Waals surface area contributed by atoms with Gasteiger partial charge in [0.15, 0.2) is 5.78 Å². The summed E-state index contributed by atoms with van der Waals surface area (Å²) in [5, 5.41) is 4.01. The van der Waals surface area contributed by atoms with Crippen molar-refractivity contribution in [1.29, 1.82) is 0 Å². The smallest absolute Gasteiger partial charge is 0.305 e. The Morgan fingerprint density at radius 2 is 2.21 bits per heavy atom. The van der Waals surface area contributed by atoms with E-state index in [0.717, 1.165) is 19.4 Å². The third-order valence-electron chi connectivity index (χ3n) is 4.75. The summed E-state index contributed by atoms with van der Waals surface area (Å²) in [5.41, 5.74) is 0.184. The van der Waals surface area contributed by atoms with Gasteiger partial charge in [0.1, 0.15) is 6.10 Å². The Kier molecular flexibility index (Phi) is 6.85. The van der Waals surface area contributed by atoms with Crippen molar-refractivity contribution in [3.8, 4) is 0 Å². The highest BCUT2D eigenvalue weighted by Crippen LogP contribution is 2.25. The third kappa shape index (κ3) is 4.79. The van der Waals surface area contributed by atoms with E-state index in [1.165, 1.54) is 10.9 Å². The number of piperidine rings is 1. The van der Waals surface area contributed by atoms with Gasteiger partial charge in [0.2, 0.25) is 0 Å². The summed E-state index contributed by atoms with van der Waals surface area (Å²) >= 11 is 9.38. The van der Waals surface area contributed by atoms with Gasteiger partial charge in [-0.05, 0) is 47.4 Å². The Bertz CT molecular complexity index is 962. The summed E-state index contributed by atoms with van der Waals surface area (Å²) in [6.45, 7) is 2.41. The van der Waals surface area contributed by atoms with Gasteiger partial charge >= 0.3 is 5.97 Å². The van der Waals surface area contributed by atoms with Crippen LogP contribution in [0.4, 0.5) is 0 Å². The van der Waals surface area contributed by atoms with Crippen LogP contribution in [-0.4, -0.2) is 40.0 Å². The number of nitrogens with zero attached hydrogens (tertiary/aromatic N) is 2. The van der Waals surface area contributed by atoms with Gasteiger partial charge in [0.05, 0.1) is 34.8 Å². The number of rotatable bonds is 6. The number of benzene rings is 1. The number of nitrogens with one attached hydrogen (secondary N) is 1. The number of hydrogen-bond donors (Lipinski definition) is 1. The second kappa shape index (κ2) is 9.15. The van der Waals surface area contributed by atoms with E-state index < -0.39 is 0 Å². The molecule has 0 unspecified atom stereocenters. The van der Waals surface area contributed by atoms with Crippen LogP contribution in [0.25, 0.3) is 10.9 Å². The molecule has 0 bridgehead atoms. The number of ketones is 1. The molecular weight excluding hydrogens is 450 g/mol. The predicted octanol–water partition coefficient (Wildman–Crippen LogP) is 2.85. The lowest BCUT2D eigenvalue weighted by Crippen LogP contribution is -2.48. The Balaban J connectivity index is 1.73. The van der Waals surface area contributed by atoms with E-state index in [2.05, 4.69) is 26.2 Å². The van der Waals surface area contributed by atoms with Crippen molar-refractivity contribution in [2.75, 3.05) is 6.54 Å². The van der Waals surface area contributed by atoms with Crippen molar-refractivity contribution in [3.05, 3.63) is 38.3 Å². The molecule has 2 heterocycles. The molecule has 2 atom stereocenters. The molecule has 0 spiro atoms. The van der Waals surface area contributed by atoms with Crippen LogP contribution in [0.3, 0.4) is 0 Å². The number of Topliss-reactive ketones (excluding diaryl/α,β-unsaturated/α-hetero) is 1. The van der Waals surface area contributed by atoms with Crippen molar-refractivity contribution >= 4 is 50.2 Å². The monoisotopic (exact) mass is 469 g/mol. The van der Waals surface area contributed by atoms with Gasteiger partial charge in [-0.1, -0.05) is 18.5 Å². The van der Waals surface area contributed by atoms with Gasteiger partial charge in [-0.2, -0.15) is 0 Å². The lowest BCUT2D eigenvalue weighted by molar-refractivity contribution is -0.152. The molecule has 7 nitrogen and oxygen atoms in total. The minimum absolute atomic E-state index is 0.0952. The molecule has 0 amide bonds. The van der Waals surface area contributed by atoms with Gasteiger partial charge in [0, 0.05) is 17.3 Å². The van der Waals surface area contributed by atoms with Crippen molar-refractivity contribution in [1.82, 2.24) is 14.9 Å². The average Bonchev–Trinajstić information content (AvgIpc) is 2.67. The molecule has 1 N–H and O–H groups in total. The lowest BCUT2D eigenvalue weighted by Gasteiger charge is -2.31. The molecule has 0 aliphatic carbocycles. The second-order valence-electron chi connectivity index (χ2n) is 6.79. The number of carbonyl (C=O) groups is 2. The van der Waals surface area contributed by atoms with Crippen LogP contribution in [0.5, 0.6) is 0 Å². The van der Waals surface area contributed by atoms with E-state index in [4.69, 9.17) is 16.3 Å². The Morgan fingerprint density at radius 1 is 1.43 bits per heavy atom. The third-order valence-corrected chi connectivity index (χ3v) is 5.95. The Morgan fingerprint density at radius 3 is 2.96 bits per heavy atom. The number of esters is 1. The molecular formula is C19H21BrClN3O4. The largest absolute Gasteiger partial charge is 0.461 e. The molecule has 28 heavy (non-hydrogen) atoms. The zero-order chi connectivity index (χ0) is 20.3. The van der Waals surface area contributed by atoms with Crippen LogP contribution in [-0.2, 0) is 20.9 Å². The van der Waals surface area contributed by atoms with Gasteiger partial charge < -0.3 is 10.1 Å². The van der Waals surface area contributed by atoms with E-state index in [0.29, 0.717) is 26.8 Å². The molecule has 9 heteroatoms. The van der Waals surface area contributed by atoms with Crippen LogP contribution in [0.15, 0.2) is 27.7 Å². The highest BCUT2D eigenvalue weighted by atomic mass is 79.9. The SMILES string of the molecule is CCC(=O)O[C@@H]1CCCN[C@H]1CC(=O)Cn1cnc2cc(Br)c(Cl)cc2c1=O. The first kappa shape index (κ1) is 21.0. The molecule has 2 aromatic rings. The first-order valence-electron chi connectivity index (χ1n) is 9.17. The lowest BCUT2D eigenvalue weighted by atomic mass is 9.96. The van der Waals surface area contributed by atoms with Crippen molar-refractivity contribution < 1.29 is 14.3 Å². The van der Waals surface area contributed by atoms with Crippen molar-refractivity contribution in [2.45, 2.75) is 51.3 Å². The number of ether oxygens (including phenoxy) is 1. The average molecular weight is 471 g/mol. The minimum atomic E-state index is -0.326. The van der Waals surface area contributed by atoms with Crippen LogP contribution >= 0.6 is 27.5 Å². The van der Waals surface area contributed by atoms with Gasteiger partial charge in [-0.25, -0.2) is 4.98 Å². The van der Waals surface area contributed by atoms with Crippen LogP contribution in [0.1, 0.15) is 32.6 Å². The van der Waals surface area contributed by atoms with E-state index in [1.54, 1.807) is 19.1 Å². The molecule has 1 aliphatic heterocycles. The number of halogens is 2. The van der Waals surface area contributed by atoms with Crippen LogP contribution in [0, 0.1) is 0 Å². The zero-order valence-electron chi connectivity index (χ0n) is 15.4. The Hall–Kier alpha value is -1.77. The zero-order valence-corrected chi connectivity index (χ0v) is 17.8. The highest BCUT2D eigenvalue weighted by molar-refractivity contribution is 9.10. The first-order chi connectivity index (χ1) is 13.4. The fourth-order valence-corrected chi connectivity index (χ4v) is 3.78. The fourth-order valence-electron chi connectivity index (χ4n) is 3.29. The van der Waals surface area contributed by atoms with Crippen LogP contribution < -0.4 is 10.9 Å². The maximum atomic E-state index is 12.7. The van der Waals surface area contributed by atoms with Crippen molar-refractivity contribution in [2.24, 2.45) is 0 Å². The van der Waals surface area contributed by atoms with Gasteiger partial charge in [-0.3, -0.25) is 19.0 Å². The molecule has 0 saturated carbocycles. The molecule has 1 aromatic carbocycles. The number of fused-ring (bicyclic) bond motifs is 1. The highest BCUT2D eigenvalue weighted by Gasteiger charge is 2.29. The molecule has 1 saturated heterocycles. The summed E-state index contributed by atoms with van der Waals surface area (Å²) in [7, 11) is 0. The number of aromatic nitrogens is 2. The molecule has 1 aliphatic rings. The maximum absolute atomic E-state index is 12.7. The summed E-state index contributed by atoms with van der Waals surface area (Å²) in [6, 6.07) is 2.97. The van der Waals surface area contributed by atoms with Gasteiger partial charge in [-0.15, -0.1) is 0 Å². The normalized spacial score (nSPS) is 19.5. The molecule has 1 fully saturated rings. The standard InChI is InChI=1S/C19H21BrClN3O4/c1-2-18(26)28-17-4-3-5-22-16(17)6-11(25)9-24-10-23-15-8-13(20)14(21)7-12(15)19(24)27/h7-8,10,16-17,22H,2-6,9H2,1H3/t16-,17+/m0/s1. The maximum Gasteiger partial charge on any atom is 0.305 e. The fraction of sp³-hybridized carbons (Fsp3) is 0.474. The van der Waals surface area contributed by atoms with Gasteiger partial charge in [0.25, 0.3) is 5.56 Å². The van der Waals surface area contributed by atoms with Crippen molar-refractivity contribution in [3.63, 3.8) is 0 Å². The topological polar surface area (TPSA) is 90.3 Å². The van der Waals surface area contributed by atoms with E-state index in [-0.39, 0.29) is 42.4 Å². The van der Waals surface area contributed by atoms with E-state index in [9.17, 15) is 14.4 Å². The van der Waals surface area contributed by atoms with E-state index >= 15 is 0 Å². The molecule has 1 aromatic heterocycles. The summed E-state index contributed by atoms with van der Waals surface area (Å²) in [5.74, 6) is -0.410. The summed E-state index contributed by atoms with van der Waals surface area (Å²) in [6.07, 6.45) is 3.12. The minimum Gasteiger partial charge on any atom is -0.461 e.